The van der Waals surface area contributed by atoms with Gasteiger partial charge in [-0.2, -0.15) is 0 Å². The summed E-state index contributed by atoms with van der Waals surface area (Å²) in [5.74, 6) is -0.424. The number of aliphatic hydroxyl groups is 1. The predicted molar refractivity (Wildman–Crippen MR) is 57.8 cm³/mol. The fraction of sp³-hybridized carbons (Fsp3) is 0.364. The normalized spacial score (nSPS) is 20.6. The van der Waals surface area contributed by atoms with Gasteiger partial charge in [-0.05, 0) is 18.6 Å². The number of carbonyl (C=O) groups is 1. The molecule has 0 unspecified atom stereocenters. The monoisotopic (exact) mass is 206 g/mol. The van der Waals surface area contributed by atoms with Crippen LogP contribution in [0.2, 0.25) is 0 Å². The molecule has 3 N–H and O–H groups in total. The molecule has 1 aromatic carbocycles. The lowest BCUT2D eigenvalue weighted by molar-refractivity contribution is 0.100. The topological polar surface area (TPSA) is 66.6 Å². The zero-order valence-electron chi connectivity index (χ0n) is 8.39. The average Bonchev–Trinajstić information content (AvgIpc) is 2.65. The molecule has 2 rings (SSSR count). The molecule has 15 heavy (non-hydrogen) atoms. The third kappa shape index (κ3) is 1.94. The van der Waals surface area contributed by atoms with Gasteiger partial charge in [0.25, 0.3) is 5.91 Å². The van der Waals surface area contributed by atoms with Crippen LogP contribution in [0.15, 0.2) is 24.3 Å². The van der Waals surface area contributed by atoms with E-state index in [-0.39, 0.29) is 6.10 Å². The summed E-state index contributed by atoms with van der Waals surface area (Å²) in [4.78, 5) is 13.2. The SMILES string of the molecule is NC(=O)c1ccccc1N1CC[C@@H](O)C1. The van der Waals surface area contributed by atoms with Crippen molar-refractivity contribution >= 4 is 11.6 Å². The smallest absolute Gasteiger partial charge is 0.250 e. The van der Waals surface area contributed by atoms with Gasteiger partial charge in [0, 0.05) is 18.8 Å². The Morgan fingerprint density at radius 3 is 2.80 bits per heavy atom. The highest BCUT2D eigenvalue weighted by atomic mass is 16.3. The van der Waals surface area contributed by atoms with Gasteiger partial charge in [0.05, 0.1) is 11.7 Å². The van der Waals surface area contributed by atoms with Gasteiger partial charge in [0.15, 0.2) is 0 Å². The number of primary amides is 1. The van der Waals surface area contributed by atoms with Crippen LogP contribution >= 0.6 is 0 Å². The van der Waals surface area contributed by atoms with Gasteiger partial charge in [-0.25, -0.2) is 0 Å². The maximum atomic E-state index is 11.2. The molecule has 4 nitrogen and oxygen atoms in total. The number of carbonyl (C=O) groups excluding carboxylic acids is 1. The van der Waals surface area contributed by atoms with E-state index in [9.17, 15) is 9.90 Å². The summed E-state index contributed by atoms with van der Waals surface area (Å²) in [5, 5.41) is 9.43. The number of rotatable bonds is 2. The van der Waals surface area contributed by atoms with Crippen LogP contribution in [0.4, 0.5) is 5.69 Å². The summed E-state index contributed by atoms with van der Waals surface area (Å²) in [5.41, 5.74) is 6.63. The third-order valence-electron chi connectivity index (χ3n) is 2.67. The number of benzene rings is 1. The molecule has 0 radical (unpaired) electrons. The van der Waals surface area contributed by atoms with Crippen molar-refractivity contribution in [3.8, 4) is 0 Å². The molecular weight excluding hydrogens is 192 g/mol. The standard InChI is InChI=1S/C11H14N2O2/c12-11(15)9-3-1-2-4-10(9)13-6-5-8(14)7-13/h1-4,8,14H,5-7H2,(H2,12,15)/t8-/m1/s1. The Hall–Kier alpha value is -1.55. The lowest BCUT2D eigenvalue weighted by Crippen LogP contribution is -2.24. The highest BCUT2D eigenvalue weighted by molar-refractivity contribution is 5.98. The highest BCUT2D eigenvalue weighted by Gasteiger charge is 2.23. The molecule has 1 fully saturated rings. The minimum Gasteiger partial charge on any atom is -0.391 e. The minimum atomic E-state index is -0.424. The first-order chi connectivity index (χ1) is 7.18. The first-order valence-corrected chi connectivity index (χ1v) is 5.00. The van der Waals surface area contributed by atoms with E-state index in [0.717, 1.165) is 18.7 Å². The molecular formula is C11H14N2O2. The Labute approximate surface area is 88.3 Å². The molecule has 0 saturated carbocycles. The first kappa shape index (κ1) is 9.98. The van der Waals surface area contributed by atoms with Gasteiger partial charge in [-0.15, -0.1) is 0 Å². The maximum Gasteiger partial charge on any atom is 0.250 e. The van der Waals surface area contributed by atoms with Crippen molar-refractivity contribution in [3.05, 3.63) is 29.8 Å². The van der Waals surface area contributed by atoms with Crippen molar-refractivity contribution in [1.29, 1.82) is 0 Å². The molecule has 0 aromatic heterocycles. The van der Waals surface area contributed by atoms with Crippen LogP contribution < -0.4 is 10.6 Å². The number of hydrogen-bond acceptors (Lipinski definition) is 3. The van der Waals surface area contributed by atoms with Gasteiger partial charge in [-0.3, -0.25) is 4.79 Å². The molecule has 1 amide bonds. The molecule has 1 atom stereocenters. The highest BCUT2D eigenvalue weighted by Crippen LogP contribution is 2.24. The van der Waals surface area contributed by atoms with Crippen LogP contribution in [0, 0.1) is 0 Å². The van der Waals surface area contributed by atoms with Gasteiger partial charge in [-0.1, -0.05) is 12.1 Å². The number of amides is 1. The van der Waals surface area contributed by atoms with E-state index in [1.807, 2.05) is 17.0 Å². The van der Waals surface area contributed by atoms with Gasteiger partial charge >= 0.3 is 0 Å². The van der Waals surface area contributed by atoms with E-state index < -0.39 is 5.91 Å². The minimum absolute atomic E-state index is 0.300. The molecule has 0 aliphatic carbocycles. The molecule has 1 saturated heterocycles. The number of anilines is 1. The van der Waals surface area contributed by atoms with E-state index >= 15 is 0 Å². The number of hydrogen-bond donors (Lipinski definition) is 2. The number of β-amino-alcohol motifs (C(OH)–C–C–N with tert-alkyl or cyclic N) is 1. The van der Waals surface area contributed by atoms with Crippen molar-refractivity contribution < 1.29 is 9.90 Å². The first-order valence-electron chi connectivity index (χ1n) is 5.00. The fourth-order valence-corrected chi connectivity index (χ4v) is 1.92. The largest absolute Gasteiger partial charge is 0.391 e. The van der Waals surface area contributed by atoms with Crippen molar-refractivity contribution in [3.63, 3.8) is 0 Å². The summed E-state index contributed by atoms with van der Waals surface area (Å²) in [6, 6.07) is 7.23. The molecule has 80 valence electrons. The zero-order valence-corrected chi connectivity index (χ0v) is 8.39. The molecule has 4 heteroatoms. The van der Waals surface area contributed by atoms with Crippen molar-refractivity contribution in [2.45, 2.75) is 12.5 Å². The van der Waals surface area contributed by atoms with Crippen LogP contribution in [-0.4, -0.2) is 30.2 Å². The average molecular weight is 206 g/mol. The summed E-state index contributed by atoms with van der Waals surface area (Å²) in [7, 11) is 0. The van der Waals surface area contributed by atoms with Gasteiger partial charge in [0.1, 0.15) is 0 Å². The number of para-hydroxylation sites is 1. The van der Waals surface area contributed by atoms with Crippen molar-refractivity contribution in [1.82, 2.24) is 0 Å². The quantitative estimate of drug-likeness (QED) is 0.734. The second-order valence-electron chi connectivity index (χ2n) is 3.77. The number of nitrogens with two attached hydrogens (primary N) is 1. The molecule has 1 heterocycles. The van der Waals surface area contributed by atoms with E-state index in [4.69, 9.17) is 5.73 Å². The second-order valence-corrected chi connectivity index (χ2v) is 3.77. The Morgan fingerprint density at radius 2 is 2.20 bits per heavy atom. The van der Waals surface area contributed by atoms with Crippen molar-refractivity contribution in [2.24, 2.45) is 5.73 Å². The molecule has 0 spiro atoms. The van der Waals surface area contributed by atoms with E-state index in [1.165, 1.54) is 0 Å². The predicted octanol–water partition coefficient (Wildman–Crippen LogP) is 0.357. The Kier molecular flexibility index (Phi) is 2.60. The number of nitrogens with zero attached hydrogens (tertiary/aromatic N) is 1. The Morgan fingerprint density at radius 1 is 1.47 bits per heavy atom. The maximum absolute atomic E-state index is 11.2. The van der Waals surface area contributed by atoms with Gasteiger partial charge < -0.3 is 15.7 Å². The fourth-order valence-electron chi connectivity index (χ4n) is 1.92. The van der Waals surface area contributed by atoms with Crippen LogP contribution in [0.25, 0.3) is 0 Å². The van der Waals surface area contributed by atoms with Crippen LogP contribution in [0.1, 0.15) is 16.8 Å². The Balaban J connectivity index is 2.31. The van der Waals surface area contributed by atoms with E-state index in [1.54, 1.807) is 12.1 Å². The summed E-state index contributed by atoms with van der Waals surface area (Å²) < 4.78 is 0. The van der Waals surface area contributed by atoms with E-state index in [2.05, 4.69) is 0 Å². The molecule has 1 aromatic rings. The summed E-state index contributed by atoms with van der Waals surface area (Å²) >= 11 is 0. The van der Waals surface area contributed by atoms with Gasteiger partial charge in [0.2, 0.25) is 0 Å². The number of aliphatic hydroxyl groups excluding tert-OH is 1. The third-order valence-corrected chi connectivity index (χ3v) is 2.67. The summed E-state index contributed by atoms with van der Waals surface area (Å²) in [6.45, 7) is 1.34. The molecule has 1 aliphatic rings. The van der Waals surface area contributed by atoms with Crippen LogP contribution in [0.5, 0.6) is 0 Å². The Bertz CT molecular complexity index is 379. The van der Waals surface area contributed by atoms with E-state index in [0.29, 0.717) is 12.1 Å². The van der Waals surface area contributed by atoms with Crippen LogP contribution in [0.3, 0.4) is 0 Å². The molecule has 0 bridgehead atoms. The summed E-state index contributed by atoms with van der Waals surface area (Å²) in [6.07, 6.45) is 0.443. The zero-order chi connectivity index (χ0) is 10.8. The molecule has 1 aliphatic heterocycles. The van der Waals surface area contributed by atoms with Crippen molar-refractivity contribution in [2.75, 3.05) is 18.0 Å². The lowest BCUT2D eigenvalue weighted by Gasteiger charge is -2.20. The van der Waals surface area contributed by atoms with Crippen LogP contribution in [-0.2, 0) is 0 Å². The lowest BCUT2D eigenvalue weighted by atomic mass is 10.1. The second kappa shape index (κ2) is 3.90.